The van der Waals surface area contributed by atoms with Crippen LogP contribution in [-0.2, 0) is 12.8 Å². The van der Waals surface area contributed by atoms with Gasteiger partial charge in [0.15, 0.2) is 5.82 Å². The lowest BCUT2D eigenvalue weighted by molar-refractivity contribution is 0.378. The molecule has 0 bridgehead atoms. The lowest BCUT2D eigenvalue weighted by Crippen LogP contribution is -2.18. The second-order valence-corrected chi connectivity index (χ2v) is 4.31. The van der Waals surface area contributed by atoms with Crippen LogP contribution in [0.25, 0.3) is 0 Å². The number of nitrogens with two attached hydrogens (primary N) is 1. The third-order valence-electron chi connectivity index (χ3n) is 2.53. The molecule has 0 saturated carbocycles. The predicted octanol–water partition coefficient (Wildman–Crippen LogP) is 1.56. The Balaban J connectivity index is 2.01. The summed E-state index contributed by atoms with van der Waals surface area (Å²) < 4.78 is 10.3. The number of rotatable bonds is 5. The predicted molar refractivity (Wildman–Crippen MR) is 67.5 cm³/mol. The quantitative estimate of drug-likeness (QED) is 0.867. The van der Waals surface area contributed by atoms with Gasteiger partial charge in [-0.1, -0.05) is 17.3 Å². The minimum atomic E-state index is 0.0384. The molecule has 0 saturated heterocycles. The number of hydrogen-bond donors (Lipinski definition) is 1. The van der Waals surface area contributed by atoms with E-state index in [0.717, 1.165) is 11.3 Å². The number of hydrogen-bond acceptors (Lipinski definition) is 5. The van der Waals surface area contributed by atoms with Crippen LogP contribution < -0.4 is 10.5 Å². The van der Waals surface area contributed by atoms with Crippen LogP contribution in [0.1, 0.15) is 24.2 Å². The summed E-state index contributed by atoms with van der Waals surface area (Å²) in [5.41, 5.74) is 6.79. The standard InChI is InChI=1S/C13H17N3O2/c1-9(14)7-12-15-13(18-16-12)8-10-3-5-11(17-2)6-4-10/h3-6,9H,7-8,14H2,1-2H3. The van der Waals surface area contributed by atoms with Gasteiger partial charge in [0, 0.05) is 12.5 Å². The van der Waals surface area contributed by atoms with Gasteiger partial charge in [0.2, 0.25) is 5.89 Å². The zero-order valence-corrected chi connectivity index (χ0v) is 10.6. The lowest BCUT2D eigenvalue weighted by atomic mass is 10.1. The maximum Gasteiger partial charge on any atom is 0.231 e. The third-order valence-corrected chi connectivity index (χ3v) is 2.53. The molecule has 1 atom stereocenters. The lowest BCUT2D eigenvalue weighted by Gasteiger charge is -2.00. The van der Waals surface area contributed by atoms with E-state index in [4.69, 9.17) is 15.0 Å². The molecule has 0 fully saturated rings. The molecular formula is C13H17N3O2. The molecule has 0 amide bonds. The summed E-state index contributed by atoms with van der Waals surface area (Å²) in [6, 6.07) is 7.82. The first-order valence-electron chi connectivity index (χ1n) is 5.87. The SMILES string of the molecule is COc1ccc(Cc2nc(CC(C)N)no2)cc1. The minimum absolute atomic E-state index is 0.0384. The van der Waals surface area contributed by atoms with Gasteiger partial charge in [-0.15, -0.1) is 0 Å². The van der Waals surface area contributed by atoms with E-state index in [1.807, 2.05) is 31.2 Å². The molecule has 0 aliphatic rings. The normalized spacial score (nSPS) is 12.4. The molecule has 0 radical (unpaired) electrons. The van der Waals surface area contributed by atoms with Gasteiger partial charge in [-0.2, -0.15) is 4.98 Å². The number of benzene rings is 1. The molecule has 1 heterocycles. The summed E-state index contributed by atoms with van der Waals surface area (Å²) in [6.07, 6.45) is 1.25. The van der Waals surface area contributed by atoms with Crippen LogP contribution >= 0.6 is 0 Å². The second kappa shape index (κ2) is 5.64. The van der Waals surface area contributed by atoms with Gasteiger partial charge in [0.05, 0.1) is 13.5 Å². The summed E-state index contributed by atoms with van der Waals surface area (Å²) in [5, 5.41) is 3.90. The van der Waals surface area contributed by atoms with E-state index in [-0.39, 0.29) is 6.04 Å². The van der Waals surface area contributed by atoms with Crippen molar-refractivity contribution in [2.45, 2.75) is 25.8 Å². The molecule has 2 N–H and O–H groups in total. The first-order chi connectivity index (χ1) is 8.67. The monoisotopic (exact) mass is 247 g/mol. The van der Waals surface area contributed by atoms with Gasteiger partial charge in [0.25, 0.3) is 0 Å². The Morgan fingerprint density at radius 1 is 1.33 bits per heavy atom. The van der Waals surface area contributed by atoms with Crippen LogP contribution in [0.3, 0.4) is 0 Å². The highest BCUT2D eigenvalue weighted by atomic mass is 16.5. The fourth-order valence-corrected chi connectivity index (χ4v) is 1.65. The van der Waals surface area contributed by atoms with Crippen molar-refractivity contribution in [1.29, 1.82) is 0 Å². The topological polar surface area (TPSA) is 74.2 Å². The molecule has 0 aliphatic heterocycles. The average Bonchev–Trinajstić information content (AvgIpc) is 2.76. The average molecular weight is 247 g/mol. The van der Waals surface area contributed by atoms with Crippen LogP contribution in [0.4, 0.5) is 0 Å². The van der Waals surface area contributed by atoms with Gasteiger partial charge >= 0.3 is 0 Å². The molecule has 1 aromatic heterocycles. The summed E-state index contributed by atoms with van der Waals surface area (Å²) in [4.78, 5) is 4.30. The summed E-state index contributed by atoms with van der Waals surface area (Å²) >= 11 is 0. The molecule has 5 heteroatoms. The maximum atomic E-state index is 5.68. The Labute approximate surface area is 106 Å². The van der Waals surface area contributed by atoms with Gasteiger partial charge in [0.1, 0.15) is 5.75 Å². The molecule has 0 spiro atoms. The van der Waals surface area contributed by atoms with Crippen LogP contribution in [0.2, 0.25) is 0 Å². The van der Waals surface area contributed by atoms with Crippen molar-refractivity contribution in [3.8, 4) is 5.75 Å². The van der Waals surface area contributed by atoms with Crippen molar-refractivity contribution in [2.24, 2.45) is 5.73 Å². The molecule has 0 aliphatic carbocycles. The summed E-state index contributed by atoms with van der Waals surface area (Å²) in [6.45, 7) is 1.92. The Morgan fingerprint density at radius 3 is 2.67 bits per heavy atom. The van der Waals surface area contributed by atoms with Crippen molar-refractivity contribution in [3.63, 3.8) is 0 Å². The van der Waals surface area contributed by atoms with E-state index in [2.05, 4.69) is 10.1 Å². The van der Waals surface area contributed by atoms with E-state index in [9.17, 15) is 0 Å². The van der Waals surface area contributed by atoms with E-state index in [1.165, 1.54) is 0 Å². The molecule has 2 rings (SSSR count). The zero-order valence-electron chi connectivity index (χ0n) is 10.6. The van der Waals surface area contributed by atoms with Gasteiger partial charge in [-0.3, -0.25) is 0 Å². The number of nitrogens with zero attached hydrogens (tertiary/aromatic N) is 2. The highest BCUT2D eigenvalue weighted by Crippen LogP contribution is 2.14. The van der Waals surface area contributed by atoms with Crippen LogP contribution in [0, 0.1) is 0 Å². The van der Waals surface area contributed by atoms with Crippen LogP contribution in [0.5, 0.6) is 5.75 Å². The molecule has 1 unspecified atom stereocenters. The van der Waals surface area contributed by atoms with Crippen molar-refractivity contribution in [1.82, 2.24) is 10.1 Å². The number of methoxy groups -OCH3 is 1. The Kier molecular flexibility index (Phi) is 3.94. The molecule has 18 heavy (non-hydrogen) atoms. The minimum Gasteiger partial charge on any atom is -0.497 e. The third kappa shape index (κ3) is 3.30. The van der Waals surface area contributed by atoms with Crippen molar-refractivity contribution >= 4 is 0 Å². The zero-order chi connectivity index (χ0) is 13.0. The van der Waals surface area contributed by atoms with Gasteiger partial charge < -0.3 is 15.0 Å². The highest BCUT2D eigenvalue weighted by molar-refractivity contribution is 5.28. The fraction of sp³-hybridized carbons (Fsp3) is 0.385. The smallest absolute Gasteiger partial charge is 0.231 e. The Bertz CT molecular complexity index is 491. The first-order valence-corrected chi connectivity index (χ1v) is 5.87. The number of ether oxygens (including phenoxy) is 1. The summed E-state index contributed by atoms with van der Waals surface area (Å²) in [5.74, 6) is 2.10. The first kappa shape index (κ1) is 12.6. The van der Waals surface area contributed by atoms with Crippen molar-refractivity contribution in [2.75, 3.05) is 7.11 Å². The van der Waals surface area contributed by atoms with Crippen molar-refractivity contribution < 1.29 is 9.26 Å². The summed E-state index contributed by atoms with van der Waals surface area (Å²) in [7, 11) is 1.65. The van der Waals surface area contributed by atoms with Crippen molar-refractivity contribution in [3.05, 3.63) is 41.5 Å². The van der Waals surface area contributed by atoms with E-state index < -0.39 is 0 Å². The Morgan fingerprint density at radius 2 is 2.06 bits per heavy atom. The van der Waals surface area contributed by atoms with Crippen LogP contribution in [-0.4, -0.2) is 23.3 Å². The van der Waals surface area contributed by atoms with Gasteiger partial charge in [-0.05, 0) is 24.6 Å². The molecule has 1 aromatic carbocycles. The highest BCUT2D eigenvalue weighted by Gasteiger charge is 2.08. The largest absolute Gasteiger partial charge is 0.497 e. The Hall–Kier alpha value is -1.88. The molecular weight excluding hydrogens is 230 g/mol. The van der Waals surface area contributed by atoms with E-state index in [0.29, 0.717) is 24.6 Å². The van der Waals surface area contributed by atoms with Gasteiger partial charge in [-0.25, -0.2) is 0 Å². The molecule has 2 aromatic rings. The van der Waals surface area contributed by atoms with E-state index in [1.54, 1.807) is 7.11 Å². The van der Waals surface area contributed by atoms with Crippen LogP contribution in [0.15, 0.2) is 28.8 Å². The van der Waals surface area contributed by atoms with E-state index >= 15 is 0 Å². The maximum absolute atomic E-state index is 5.68. The second-order valence-electron chi connectivity index (χ2n) is 4.31. The molecule has 5 nitrogen and oxygen atoms in total. The molecule has 96 valence electrons. The fourth-order valence-electron chi connectivity index (χ4n) is 1.65. The number of aromatic nitrogens is 2.